The third kappa shape index (κ3) is 5.41. The van der Waals surface area contributed by atoms with Gasteiger partial charge in [-0.25, -0.2) is 0 Å². The monoisotopic (exact) mass is 299 g/mol. The summed E-state index contributed by atoms with van der Waals surface area (Å²) >= 11 is 0. The Morgan fingerprint density at radius 2 is 1.77 bits per heavy atom. The summed E-state index contributed by atoms with van der Waals surface area (Å²) in [5.41, 5.74) is 2.36. The Hall–Kier alpha value is -2.00. The fraction of sp³-hybridized carbons (Fsp3) is 0.368. The van der Waals surface area contributed by atoms with Gasteiger partial charge < -0.3 is 14.7 Å². The number of nitrogens with zero attached hydrogens (tertiary/aromatic N) is 1. The first-order valence-electron chi connectivity index (χ1n) is 7.78. The molecule has 1 N–H and O–H groups in total. The van der Waals surface area contributed by atoms with E-state index < -0.39 is 0 Å². The summed E-state index contributed by atoms with van der Waals surface area (Å²) in [5, 5.41) is 9.72. The lowest BCUT2D eigenvalue weighted by atomic mass is 10.0. The third-order valence-corrected chi connectivity index (χ3v) is 3.58. The highest BCUT2D eigenvalue weighted by Crippen LogP contribution is 2.25. The lowest BCUT2D eigenvalue weighted by molar-refractivity contribution is 0.279. The molecule has 3 nitrogen and oxygen atoms in total. The summed E-state index contributed by atoms with van der Waals surface area (Å²) in [6.45, 7) is 1.71. The first-order chi connectivity index (χ1) is 10.6. The molecule has 118 valence electrons. The second-order valence-corrected chi connectivity index (χ2v) is 5.78. The number of benzene rings is 2. The second kappa shape index (κ2) is 8.44. The highest BCUT2D eigenvalue weighted by molar-refractivity contribution is 5.40. The maximum atomic E-state index is 9.72. The van der Waals surface area contributed by atoms with Crippen LogP contribution < -0.4 is 4.74 Å². The van der Waals surface area contributed by atoms with Crippen molar-refractivity contribution >= 4 is 0 Å². The molecule has 0 aliphatic heterocycles. The van der Waals surface area contributed by atoms with E-state index in [2.05, 4.69) is 43.3 Å². The number of ether oxygens (including phenoxy) is 1. The van der Waals surface area contributed by atoms with E-state index in [9.17, 15) is 5.11 Å². The number of rotatable bonds is 8. The molecule has 2 aromatic carbocycles. The van der Waals surface area contributed by atoms with Crippen LogP contribution in [0.1, 0.15) is 17.5 Å². The fourth-order valence-electron chi connectivity index (χ4n) is 2.39. The van der Waals surface area contributed by atoms with Gasteiger partial charge >= 0.3 is 0 Å². The minimum Gasteiger partial charge on any atom is -0.508 e. The molecule has 0 saturated heterocycles. The van der Waals surface area contributed by atoms with Gasteiger partial charge in [0.15, 0.2) is 0 Å². The van der Waals surface area contributed by atoms with Crippen LogP contribution in [0.4, 0.5) is 0 Å². The van der Waals surface area contributed by atoms with Gasteiger partial charge in [-0.2, -0.15) is 0 Å². The van der Waals surface area contributed by atoms with Gasteiger partial charge in [0.05, 0.1) is 6.61 Å². The topological polar surface area (TPSA) is 32.7 Å². The molecule has 0 atom stereocenters. The summed E-state index contributed by atoms with van der Waals surface area (Å²) in [6, 6.07) is 15.7. The zero-order valence-corrected chi connectivity index (χ0v) is 13.5. The number of phenolic OH excluding ortho intramolecular Hbond substituents is 1. The Morgan fingerprint density at radius 1 is 1.00 bits per heavy atom. The molecule has 0 aliphatic carbocycles. The van der Waals surface area contributed by atoms with Crippen molar-refractivity contribution in [2.45, 2.75) is 19.3 Å². The van der Waals surface area contributed by atoms with Crippen LogP contribution in [0.3, 0.4) is 0 Å². The number of aryl methyl sites for hydroxylation is 2. The predicted molar refractivity (Wildman–Crippen MR) is 90.6 cm³/mol. The highest BCUT2D eigenvalue weighted by atomic mass is 16.5. The zero-order valence-electron chi connectivity index (χ0n) is 13.5. The molecule has 2 rings (SSSR count). The van der Waals surface area contributed by atoms with Crippen LogP contribution in [0.15, 0.2) is 48.5 Å². The average Bonchev–Trinajstić information content (AvgIpc) is 2.52. The molecular weight excluding hydrogens is 274 g/mol. The summed E-state index contributed by atoms with van der Waals surface area (Å²) in [7, 11) is 4.12. The summed E-state index contributed by atoms with van der Waals surface area (Å²) in [5.74, 6) is 1.18. The van der Waals surface area contributed by atoms with Crippen molar-refractivity contribution in [1.82, 2.24) is 4.90 Å². The minimum atomic E-state index is 0.295. The Bertz CT molecular complexity index is 567. The number of hydrogen-bond donors (Lipinski definition) is 1. The molecule has 0 heterocycles. The molecule has 0 radical (unpaired) electrons. The first-order valence-corrected chi connectivity index (χ1v) is 7.78. The molecular formula is C19H25NO2. The van der Waals surface area contributed by atoms with Gasteiger partial charge in [-0.15, -0.1) is 0 Å². The lowest BCUT2D eigenvalue weighted by Crippen LogP contribution is -2.15. The van der Waals surface area contributed by atoms with Crippen molar-refractivity contribution in [2.24, 2.45) is 0 Å². The minimum absolute atomic E-state index is 0.295. The van der Waals surface area contributed by atoms with Crippen molar-refractivity contribution in [2.75, 3.05) is 27.2 Å². The third-order valence-electron chi connectivity index (χ3n) is 3.58. The molecule has 0 fully saturated rings. The lowest BCUT2D eigenvalue weighted by Gasteiger charge is -2.14. The molecule has 0 unspecified atom stereocenters. The predicted octanol–water partition coefficient (Wildman–Crippen LogP) is 3.51. The second-order valence-electron chi connectivity index (χ2n) is 5.78. The van der Waals surface area contributed by atoms with Crippen molar-refractivity contribution in [1.29, 1.82) is 0 Å². The summed E-state index contributed by atoms with van der Waals surface area (Å²) < 4.78 is 5.89. The van der Waals surface area contributed by atoms with Crippen LogP contribution in [0.5, 0.6) is 11.5 Å². The van der Waals surface area contributed by atoms with Gasteiger partial charge in [0.25, 0.3) is 0 Å². The van der Waals surface area contributed by atoms with Crippen LogP contribution in [0.2, 0.25) is 0 Å². The number of hydrogen-bond acceptors (Lipinski definition) is 3. The molecule has 2 aromatic rings. The van der Waals surface area contributed by atoms with Gasteiger partial charge in [0, 0.05) is 6.54 Å². The van der Waals surface area contributed by atoms with Crippen LogP contribution in [-0.4, -0.2) is 37.3 Å². The first kappa shape index (κ1) is 16.4. The van der Waals surface area contributed by atoms with Gasteiger partial charge in [-0.1, -0.05) is 30.3 Å². The molecule has 0 aliphatic rings. The van der Waals surface area contributed by atoms with Gasteiger partial charge in [0.1, 0.15) is 11.5 Å². The number of aromatic hydroxyl groups is 1. The van der Waals surface area contributed by atoms with E-state index in [1.807, 2.05) is 18.2 Å². The van der Waals surface area contributed by atoms with Gasteiger partial charge in [0.2, 0.25) is 0 Å². The van der Waals surface area contributed by atoms with Crippen molar-refractivity contribution in [3.63, 3.8) is 0 Å². The Labute approximate surface area is 133 Å². The van der Waals surface area contributed by atoms with E-state index >= 15 is 0 Å². The SMILES string of the molecule is CN(C)CCCOc1ccc(O)cc1CCc1ccccc1. The van der Waals surface area contributed by atoms with E-state index in [1.54, 1.807) is 6.07 Å². The fourth-order valence-corrected chi connectivity index (χ4v) is 2.39. The molecule has 3 heteroatoms. The molecule has 0 aromatic heterocycles. The van der Waals surface area contributed by atoms with Crippen molar-refractivity contribution in [3.8, 4) is 11.5 Å². The molecule has 0 amide bonds. The maximum absolute atomic E-state index is 9.72. The normalized spacial score (nSPS) is 10.9. The smallest absolute Gasteiger partial charge is 0.122 e. The van der Waals surface area contributed by atoms with Crippen LogP contribution in [0.25, 0.3) is 0 Å². The maximum Gasteiger partial charge on any atom is 0.122 e. The number of phenols is 1. The van der Waals surface area contributed by atoms with E-state index in [1.165, 1.54) is 5.56 Å². The van der Waals surface area contributed by atoms with Gasteiger partial charge in [-0.05, 0) is 62.7 Å². The van der Waals surface area contributed by atoms with Gasteiger partial charge in [-0.3, -0.25) is 0 Å². The Kier molecular flexibility index (Phi) is 6.28. The summed E-state index contributed by atoms with van der Waals surface area (Å²) in [4.78, 5) is 2.15. The standard InChI is InChI=1S/C19H25NO2/c1-20(2)13-6-14-22-19-12-11-18(21)15-17(19)10-9-16-7-4-3-5-8-16/h3-5,7-8,11-12,15,21H,6,9-10,13-14H2,1-2H3. The van der Waals surface area contributed by atoms with Crippen LogP contribution >= 0.6 is 0 Å². The average molecular weight is 299 g/mol. The van der Waals surface area contributed by atoms with E-state index in [0.717, 1.165) is 37.1 Å². The Morgan fingerprint density at radius 3 is 2.50 bits per heavy atom. The van der Waals surface area contributed by atoms with E-state index in [-0.39, 0.29) is 0 Å². The quantitative estimate of drug-likeness (QED) is 0.757. The molecule has 0 saturated carbocycles. The van der Waals surface area contributed by atoms with Crippen LogP contribution in [0, 0.1) is 0 Å². The van der Waals surface area contributed by atoms with E-state index in [4.69, 9.17) is 4.74 Å². The Balaban J connectivity index is 1.95. The van der Waals surface area contributed by atoms with Crippen molar-refractivity contribution in [3.05, 3.63) is 59.7 Å². The zero-order chi connectivity index (χ0) is 15.8. The molecule has 22 heavy (non-hydrogen) atoms. The summed E-state index contributed by atoms with van der Waals surface area (Å²) in [6.07, 6.45) is 2.80. The molecule has 0 spiro atoms. The van der Waals surface area contributed by atoms with Crippen molar-refractivity contribution < 1.29 is 9.84 Å². The van der Waals surface area contributed by atoms with E-state index in [0.29, 0.717) is 12.4 Å². The molecule has 0 bridgehead atoms. The highest BCUT2D eigenvalue weighted by Gasteiger charge is 2.06. The largest absolute Gasteiger partial charge is 0.508 e. The van der Waals surface area contributed by atoms with Crippen LogP contribution in [-0.2, 0) is 12.8 Å².